The van der Waals surface area contributed by atoms with E-state index in [0.717, 1.165) is 26.1 Å². The third-order valence-electron chi connectivity index (χ3n) is 4.11. The van der Waals surface area contributed by atoms with Crippen LogP contribution in [0.25, 0.3) is 0 Å². The zero-order chi connectivity index (χ0) is 13.9. The normalized spacial score (nSPS) is 27.3. The van der Waals surface area contributed by atoms with Crippen LogP contribution in [0.15, 0.2) is 0 Å². The smallest absolute Gasteiger partial charge is 0.223 e. The van der Waals surface area contributed by atoms with E-state index in [1.54, 1.807) is 4.90 Å². The Kier molecular flexibility index (Phi) is 4.84. The summed E-state index contributed by atoms with van der Waals surface area (Å²) in [5.41, 5.74) is 0. The Labute approximate surface area is 115 Å². The van der Waals surface area contributed by atoms with Gasteiger partial charge in [0.25, 0.3) is 0 Å². The van der Waals surface area contributed by atoms with Crippen molar-refractivity contribution in [2.45, 2.75) is 38.6 Å². The van der Waals surface area contributed by atoms with Crippen LogP contribution in [0.3, 0.4) is 0 Å². The number of carbonyl (C=O) groups is 1. The van der Waals surface area contributed by atoms with Crippen molar-refractivity contribution in [3.8, 4) is 0 Å². The van der Waals surface area contributed by atoms with Crippen LogP contribution in [0.5, 0.6) is 0 Å². The molecule has 110 valence electrons. The van der Waals surface area contributed by atoms with Crippen LogP contribution in [0.2, 0.25) is 0 Å². The SMILES string of the molecule is CCN(C(=O)CC1CCOCC1)C1CCS(=O)(=O)C1. The molecule has 0 aromatic rings. The largest absolute Gasteiger partial charge is 0.381 e. The molecule has 0 aromatic carbocycles. The van der Waals surface area contributed by atoms with Gasteiger partial charge in [0, 0.05) is 32.2 Å². The molecule has 0 aliphatic carbocycles. The number of hydrogen-bond acceptors (Lipinski definition) is 4. The van der Waals surface area contributed by atoms with Gasteiger partial charge < -0.3 is 9.64 Å². The standard InChI is InChI=1S/C13H23NO4S/c1-2-14(12-5-8-19(16,17)10-12)13(15)9-11-3-6-18-7-4-11/h11-12H,2-10H2,1H3. The molecule has 0 spiro atoms. The molecule has 5 nitrogen and oxygen atoms in total. The fourth-order valence-electron chi connectivity index (χ4n) is 2.97. The molecule has 1 atom stereocenters. The van der Waals surface area contributed by atoms with E-state index in [0.29, 0.717) is 25.3 Å². The number of nitrogens with zero attached hydrogens (tertiary/aromatic N) is 1. The van der Waals surface area contributed by atoms with E-state index in [-0.39, 0.29) is 23.5 Å². The van der Waals surface area contributed by atoms with Gasteiger partial charge in [-0.05, 0) is 32.1 Å². The quantitative estimate of drug-likeness (QED) is 0.769. The fraction of sp³-hybridized carbons (Fsp3) is 0.923. The van der Waals surface area contributed by atoms with Crippen molar-refractivity contribution in [1.29, 1.82) is 0 Å². The van der Waals surface area contributed by atoms with Crippen LogP contribution in [0.1, 0.15) is 32.6 Å². The van der Waals surface area contributed by atoms with Crippen molar-refractivity contribution in [3.63, 3.8) is 0 Å². The lowest BCUT2D eigenvalue weighted by Gasteiger charge is -2.29. The van der Waals surface area contributed by atoms with Gasteiger partial charge in [-0.3, -0.25) is 4.79 Å². The van der Waals surface area contributed by atoms with Crippen LogP contribution in [-0.4, -0.2) is 56.5 Å². The van der Waals surface area contributed by atoms with Crippen LogP contribution in [0.4, 0.5) is 0 Å². The van der Waals surface area contributed by atoms with Crippen molar-refractivity contribution in [1.82, 2.24) is 4.90 Å². The van der Waals surface area contributed by atoms with Crippen LogP contribution in [0, 0.1) is 5.92 Å². The van der Waals surface area contributed by atoms with Crippen LogP contribution >= 0.6 is 0 Å². The minimum atomic E-state index is -2.93. The average Bonchev–Trinajstić information content (AvgIpc) is 2.72. The van der Waals surface area contributed by atoms with E-state index >= 15 is 0 Å². The van der Waals surface area contributed by atoms with Gasteiger partial charge in [-0.2, -0.15) is 0 Å². The number of amides is 1. The summed E-state index contributed by atoms with van der Waals surface area (Å²) < 4.78 is 28.3. The number of hydrogen-bond donors (Lipinski definition) is 0. The molecule has 19 heavy (non-hydrogen) atoms. The highest BCUT2D eigenvalue weighted by molar-refractivity contribution is 7.91. The van der Waals surface area contributed by atoms with Gasteiger partial charge in [0.2, 0.25) is 5.91 Å². The molecule has 2 saturated heterocycles. The van der Waals surface area contributed by atoms with E-state index < -0.39 is 9.84 Å². The van der Waals surface area contributed by atoms with Crippen molar-refractivity contribution in [2.75, 3.05) is 31.3 Å². The molecule has 2 aliphatic heterocycles. The maximum Gasteiger partial charge on any atom is 0.223 e. The van der Waals surface area contributed by atoms with Gasteiger partial charge in [0.05, 0.1) is 11.5 Å². The second-order valence-corrected chi connectivity index (χ2v) is 7.73. The van der Waals surface area contributed by atoms with Crippen LogP contribution in [-0.2, 0) is 19.4 Å². The predicted octanol–water partition coefficient (Wildman–Crippen LogP) is 0.839. The van der Waals surface area contributed by atoms with Gasteiger partial charge in [0.1, 0.15) is 0 Å². The van der Waals surface area contributed by atoms with E-state index in [4.69, 9.17) is 4.74 Å². The maximum atomic E-state index is 12.3. The minimum absolute atomic E-state index is 0.108. The molecule has 0 saturated carbocycles. The summed E-state index contributed by atoms with van der Waals surface area (Å²) >= 11 is 0. The molecule has 1 unspecified atom stereocenters. The zero-order valence-electron chi connectivity index (χ0n) is 11.5. The minimum Gasteiger partial charge on any atom is -0.381 e. The number of rotatable bonds is 4. The van der Waals surface area contributed by atoms with Crippen molar-refractivity contribution >= 4 is 15.7 Å². The highest BCUT2D eigenvalue weighted by Gasteiger charge is 2.34. The number of carbonyl (C=O) groups excluding carboxylic acids is 1. The molecular weight excluding hydrogens is 266 g/mol. The molecule has 0 radical (unpaired) electrons. The molecule has 2 aliphatic rings. The summed E-state index contributed by atoms with van der Waals surface area (Å²) in [6.45, 7) is 4.00. The summed E-state index contributed by atoms with van der Waals surface area (Å²) in [6, 6.07) is -0.109. The van der Waals surface area contributed by atoms with E-state index in [1.165, 1.54) is 0 Å². The summed E-state index contributed by atoms with van der Waals surface area (Å²) in [7, 11) is -2.93. The second kappa shape index (κ2) is 6.22. The third kappa shape index (κ3) is 3.92. The number of ether oxygens (including phenoxy) is 1. The van der Waals surface area contributed by atoms with Crippen molar-refractivity contribution in [2.24, 2.45) is 5.92 Å². The van der Waals surface area contributed by atoms with E-state index in [9.17, 15) is 13.2 Å². The zero-order valence-corrected chi connectivity index (χ0v) is 12.3. The Morgan fingerprint density at radius 1 is 1.26 bits per heavy atom. The van der Waals surface area contributed by atoms with Gasteiger partial charge >= 0.3 is 0 Å². The lowest BCUT2D eigenvalue weighted by Crippen LogP contribution is -2.42. The number of sulfone groups is 1. The summed E-state index contributed by atoms with van der Waals surface area (Å²) in [4.78, 5) is 14.1. The topological polar surface area (TPSA) is 63.7 Å². The molecule has 0 aromatic heterocycles. The van der Waals surface area contributed by atoms with E-state index in [2.05, 4.69) is 0 Å². The molecule has 1 amide bonds. The predicted molar refractivity (Wildman–Crippen MR) is 72.6 cm³/mol. The Morgan fingerprint density at radius 3 is 2.47 bits per heavy atom. The summed E-state index contributed by atoms with van der Waals surface area (Å²) in [6.07, 6.45) is 3.00. The van der Waals surface area contributed by atoms with Gasteiger partial charge in [-0.1, -0.05) is 0 Å². The average molecular weight is 289 g/mol. The first-order valence-corrected chi connectivity index (χ1v) is 8.91. The molecule has 2 fully saturated rings. The molecule has 0 N–H and O–H groups in total. The lowest BCUT2D eigenvalue weighted by molar-refractivity contribution is -0.134. The molecule has 6 heteroatoms. The monoisotopic (exact) mass is 289 g/mol. The molecule has 0 bridgehead atoms. The second-order valence-electron chi connectivity index (χ2n) is 5.50. The van der Waals surface area contributed by atoms with Crippen LogP contribution < -0.4 is 0 Å². The van der Waals surface area contributed by atoms with Crippen molar-refractivity contribution < 1.29 is 17.9 Å². The first-order valence-electron chi connectivity index (χ1n) is 7.09. The first kappa shape index (κ1) is 14.8. The van der Waals surface area contributed by atoms with Gasteiger partial charge in [-0.25, -0.2) is 8.42 Å². The molecule has 2 rings (SSSR count). The highest BCUT2D eigenvalue weighted by atomic mass is 32.2. The first-order chi connectivity index (χ1) is 9.02. The maximum absolute atomic E-state index is 12.3. The Morgan fingerprint density at radius 2 is 1.95 bits per heavy atom. The lowest BCUT2D eigenvalue weighted by atomic mass is 9.95. The molecular formula is C13H23NO4S. The van der Waals surface area contributed by atoms with E-state index in [1.807, 2.05) is 6.92 Å². The van der Waals surface area contributed by atoms with Crippen molar-refractivity contribution in [3.05, 3.63) is 0 Å². The summed E-state index contributed by atoms with van der Waals surface area (Å²) in [5, 5.41) is 0. The Hall–Kier alpha value is -0.620. The summed E-state index contributed by atoms with van der Waals surface area (Å²) in [5.74, 6) is 0.865. The fourth-order valence-corrected chi connectivity index (χ4v) is 4.70. The third-order valence-corrected chi connectivity index (χ3v) is 5.86. The highest BCUT2D eigenvalue weighted by Crippen LogP contribution is 2.23. The van der Waals surface area contributed by atoms with Gasteiger partial charge in [0.15, 0.2) is 9.84 Å². The van der Waals surface area contributed by atoms with Gasteiger partial charge in [-0.15, -0.1) is 0 Å². The molecule has 2 heterocycles. The Balaban J connectivity index is 1.91. The Bertz CT molecular complexity index is 414.